The van der Waals surface area contributed by atoms with Crippen LogP contribution < -0.4 is 5.73 Å². The average molecular weight is 397 g/mol. The highest BCUT2D eigenvalue weighted by molar-refractivity contribution is 7.17. The molecule has 1 aromatic carbocycles. The number of nitrogen functional groups attached to an aromatic ring is 1. The number of para-hydroxylation sites is 1. The van der Waals surface area contributed by atoms with Crippen molar-refractivity contribution in [1.82, 2.24) is 14.9 Å². The minimum Gasteiger partial charge on any atom is -0.389 e. The number of likely N-dealkylation sites (tertiary alicyclic amines) is 1. The normalized spacial score (nSPS) is 16.0. The number of anilines is 1. The molecule has 148 valence electrons. The number of rotatable bonds is 7. The van der Waals surface area contributed by atoms with Gasteiger partial charge in [-0.15, -0.1) is 0 Å². The van der Waals surface area contributed by atoms with Gasteiger partial charge in [0.2, 0.25) is 0 Å². The van der Waals surface area contributed by atoms with Crippen molar-refractivity contribution in [2.45, 2.75) is 51.5 Å². The van der Waals surface area contributed by atoms with Crippen LogP contribution in [0.5, 0.6) is 0 Å². The van der Waals surface area contributed by atoms with Gasteiger partial charge in [0.15, 0.2) is 10.8 Å². The number of nitrogens with two attached hydrogens (primary N) is 1. The second kappa shape index (κ2) is 8.45. The number of nitrogens with zero attached hydrogens (tertiary/aromatic N) is 2. The highest BCUT2D eigenvalue weighted by Gasteiger charge is 2.24. The first-order valence-corrected chi connectivity index (χ1v) is 11.0. The summed E-state index contributed by atoms with van der Waals surface area (Å²) in [4.78, 5) is 22.6. The zero-order valence-electron chi connectivity index (χ0n) is 16.4. The number of aromatic amines is 1. The van der Waals surface area contributed by atoms with E-state index in [2.05, 4.69) is 52.3 Å². The minimum atomic E-state index is 0.128. The summed E-state index contributed by atoms with van der Waals surface area (Å²) in [5.41, 5.74) is 9.69. The van der Waals surface area contributed by atoms with E-state index >= 15 is 0 Å². The molecule has 1 fully saturated rings. The van der Waals surface area contributed by atoms with E-state index < -0.39 is 0 Å². The molecule has 5 nitrogen and oxygen atoms in total. The molecule has 3 aromatic rings. The third-order valence-corrected chi connectivity index (χ3v) is 6.71. The van der Waals surface area contributed by atoms with Gasteiger partial charge in [-0.1, -0.05) is 42.9 Å². The van der Waals surface area contributed by atoms with E-state index in [1.165, 1.54) is 27.8 Å². The van der Waals surface area contributed by atoms with E-state index in [-0.39, 0.29) is 5.78 Å². The van der Waals surface area contributed by atoms with Gasteiger partial charge in [0.1, 0.15) is 5.00 Å². The Morgan fingerprint density at radius 3 is 2.89 bits per heavy atom. The maximum absolute atomic E-state index is 12.2. The predicted molar refractivity (Wildman–Crippen MR) is 116 cm³/mol. The van der Waals surface area contributed by atoms with Crippen LogP contribution in [0.3, 0.4) is 0 Å². The smallest absolute Gasteiger partial charge is 0.191 e. The molecule has 1 saturated heterocycles. The molecule has 6 heteroatoms. The lowest BCUT2D eigenvalue weighted by Gasteiger charge is -2.31. The number of hydrogen-bond acceptors (Lipinski definition) is 5. The van der Waals surface area contributed by atoms with E-state index in [9.17, 15) is 4.79 Å². The lowest BCUT2D eigenvalue weighted by Crippen LogP contribution is -2.32. The molecule has 0 spiro atoms. The van der Waals surface area contributed by atoms with Crippen molar-refractivity contribution in [2.75, 3.05) is 18.8 Å². The summed E-state index contributed by atoms with van der Waals surface area (Å²) in [5, 5.41) is 2.62. The maximum Gasteiger partial charge on any atom is 0.191 e. The first-order chi connectivity index (χ1) is 13.7. The van der Waals surface area contributed by atoms with Crippen molar-refractivity contribution >= 4 is 33.0 Å². The predicted octanol–water partition coefficient (Wildman–Crippen LogP) is 4.96. The Morgan fingerprint density at radius 1 is 1.32 bits per heavy atom. The molecule has 0 saturated carbocycles. The number of aromatic nitrogens is 2. The van der Waals surface area contributed by atoms with Crippen molar-refractivity contribution in [3.8, 4) is 0 Å². The van der Waals surface area contributed by atoms with Crippen LogP contribution in [0.1, 0.15) is 66.0 Å². The standard InChI is InChI=1S/C22H28N4OS/c1-2-3-8-20(27)22-25-19(21(23)28-22)14-26-11-9-15(10-12-26)17-13-24-18-7-5-4-6-16(17)18/h4-7,13,15,24H,2-3,8-12,14,23H2,1H3. The molecule has 0 atom stereocenters. The van der Waals surface area contributed by atoms with Crippen LogP contribution in [0.25, 0.3) is 10.9 Å². The van der Waals surface area contributed by atoms with Gasteiger partial charge in [-0.3, -0.25) is 9.69 Å². The van der Waals surface area contributed by atoms with Crippen LogP contribution in [0.15, 0.2) is 30.5 Å². The van der Waals surface area contributed by atoms with Gasteiger partial charge in [-0.05, 0) is 49.9 Å². The summed E-state index contributed by atoms with van der Waals surface area (Å²) in [5.74, 6) is 0.717. The number of fused-ring (bicyclic) bond motifs is 1. The highest BCUT2D eigenvalue weighted by atomic mass is 32.1. The Hall–Kier alpha value is -2.18. The largest absolute Gasteiger partial charge is 0.389 e. The first kappa shape index (κ1) is 19.2. The fourth-order valence-corrected chi connectivity index (χ4v) is 4.89. The number of Topliss-reactive ketones (excluding diaryl/α,β-unsaturated/α-hetero) is 1. The average Bonchev–Trinajstić information content (AvgIpc) is 3.31. The van der Waals surface area contributed by atoms with Gasteiger partial charge in [-0.25, -0.2) is 4.98 Å². The molecular weight excluding hydrogens is 368 g/mol. The molecule has 1 aliphatic heterocycles. The summed E-state index contributed by atoms with van der Waals surface area (Å²) in [6, 6.07) is 8.53. The summed E-state index contributed by atoms with van der Waals surface area (Å²) in [6.07, 6.45) is 6.94. The molecule has 0 amide bonds. The van der Waals surface area contributed by atoms with Crippen molar-refractivity contribution in [1.29, 1.82) is 0 Å². The molecule has 0 unspecified atom stereocenters. The van der Waals surface area contributed by atoms with E-state index in [4.69, 9.17) is 5.73 Å². The summed E-state index contributed by atoms with van der Waals surface area (Å²) < 4.78 is 0. The Morgan fingerprint density at radius 2 is 2.11 bits per heavy atom. The Bertz CT molecular complexity index is 953. The van der Waals surface area contributed by atoms with Gasteiger partial charge in [-0.2, -0.15) is 0 Å². The second-order valence-corrected chi connectivity index (χ2v) is 8.73. The van der Waals surface area contributed by atoms with Crippen molar-refractivity contribution in [2.24, 2.45) is 0 Å². The monoisotopic (exact) mass is 396 g/mol. The number of hydrogen-bond donors (Lipinski definition) is 2. The zero-order valence-corrected chi connectivity index (χ0v) is 17.2. The molecular formula is C22H28N4OS. The van der Waals surface area contributed by atoms with Crippen molar-refractivity contribution in [3.05, 3.63) is 46.7 Å². The number of piperidine rings is 1. The van der Waals surface area contributed by atoms with Crippen molar-refractivity contribution < 1.29 is 4.79 Å². The number of benzene rings is 1. The molecule has 2 aromatic heterocycles. The number of H-pyrrole nitrogens is 1. The Kier molecular flexibility index (Phi) is 5.78. The van der Waals surface area contributed by atoms with Gasteiger partial charge in [0, 0.05) is 30.1 Å². The van der Waals surface area contributed by atoms with E-state index in [0.29, 0.717) is 22.3 Å². The van der Waals surface area contributed by atoms with E-state index in [1.807, 2.05) is 0 Å². The number of carbonyl (C=O) groups excluding carboxylic acids is 1. The number of unbranched alkanes of at least 4 members (excludes halogenated alkanes) is 1. The third kappa shape index (κ3) is 3.98. The summed E-state index contributed by atoms with van der Waals surface area (Å²) >= 11 is 1.35. The van der Waals surface area contributed by atoms with Crippen LogP contribution in [0.4, 0.5) is 5.00 Å². The van der Waals surface area contributed by atoms with Crippen LogP contribution >= 0.6 is 11.3 Å². The van der Waals surface area contributed by atoms with Gasteiger partial charge in [0.05, 0.1) is 5.69 Å². The molecule has 0 bridgehead atoms. The first-order valence-electron chi connectivity index (χ1n) is 10.2. The van der Waals surface area contributed by atoms with Gasteiger partial charge >= 0.3 is 0 Å². The fourth-order valence-electron chi connectivity index (χ4n) is 4.09. The number of carbonyl (C=O) groups is 1. The Labute approximate surface area is 170 Å². The lowest BCUT2D eigenvalue weighted by molar-refractivity contribution is 0.0979. The second-order valence-electron chi connectivity index (χ2n) is 7.70. The molecule has 0 radical (unpaired) electrons. The maximum atomic E-state index is 12.2. The van der Waals surface area contributed by atoms with E-state index in [1.54, 1.807) is 0 Å². The number of nitrogens with one attached hydrogen (secondary N) is 1. The van der Waals surface area contributed by atoms with Gasteiger partial charge in [0.25, 0.3) is 0 Å². The number of ketones is 1. The topological polar surface area (TPSA) is 75.0 Å². The van der Waals surface area contributed by atoms with Crippen LogP contribution in [0.2, 0.25) is 0 Å². The summed E-state index contributed by atoms with van der Waals surface area (Å²) in [6.45, 7) is 4.89. The molecule has 28 heavy (non-hydrogen) atoms. The van der Waals surface area contributed by atoms with Crippen LogP contribution in [-0.4, -0.2) is 33.7 Å². The molecule has 4 rings (SSSR count). The SMILES string of the molecule is CCCCC(=O)c1nc(CN2CCC(c3c[nH]c4ccccc34)CC2)c(N)s1. The quantitative estimate of drug-likeness (QED) is 0.554. The zero-order chi connectivity index (χ0) is 19.5. The molecule has 0 aliphatic carbocycles. The number of thiazole rings is 1. The van der Waals surface area contributed by atoms with Crippen molar-refractivity contribution in [3.63, 3.8) is 0 Å². The Balaban J connectivity index is 1.37. The van der Waals surface area contributed by atoms with E-state index in [0.717, 1.165) is 51.0 Å². The molecule has 3 N–H and O–H groups in total. The molecule has 1 aliphatic rings. The van der Waals surface area contributed by atoms with Crippen LogP contribution in [0, 0.1) is 0 Å². The molecule has 3 heterocycles. The minimum absolute atomic E-state index is 0.128. The third-order valence-electron chi connectivity index (χ3n) is 5.75. The fraction of sp³-hybridized carbons (Fsp3) is 0.455. The summed E-state index contributed by atoms with van der Waals surface area (Å²) in [7, 11) is 0. The lowest BCUT2D eigenvalue weighted by atomic mass is 9.89. The van der Waals surface area contributed by atoms with Crippen LogP contribution in [-0.2, 0) is 6.54 Å². The highest BCUT2D eigenvalue weighted by Crippen LogP contribution is 2.34. The van der Waals surface area contributed by atoms with Gasteiger partial charge < -0.3 is 10.7 Å².